The van der Waals surface area contributed by atoms with E-state index >= 15 is 0 Å². The van der Waals surface area contributed by atoms with E-state index in [0.717, 1.165) is 30.8 Å². The maximum absolute atomic E-state index is 4.72. The lowest BCUT2D eigenvalue weighted by Gasteiger charge is -2.14. The van der Waals surface area contributed by atoms with Crippen LogP contribution in [0.25, 0.3) is 0 Å². The van der Waals surface area contributed by atoms with Gasteiger partial charge in [-0.2, -0.15) is 11.8 Å². The Morgan fingerprint density at radius 1 is 1.32 bits per heavy atom. The summed E-state index contributed by atoms with van der Waals surface area (Å²) in [6.45, 7) is 9.05. The Morgan fingerprint density at radius 2 is 2.14 bits per heavy atom. The van der Waals surface area contributed by atoms with Crippen molar-refractivity contribution in [1.82, 2.24) is 10.6 Å². The van der Waals surface area contributed by atoms with Crippen molar-refractivity contribution in [3.05, 3.63) is 34.9 Å². The molecule has 22 heavy (non-hydrogen) atoms. The molecule has 2 rings (SSSR count). The molecule has 0 aliphatic carbocycles. The number of nitrogens with one attached hydrogen (secondary N) is 2. The number of hydrogen-bond acceptors (Lipinski definition) is 2. The lowest BCUT2D eigenvalue weighted by Crippen LogP contribution is -2.40. The number of aryl methyl sites for hydroxylation is 2. The zero-order chi connectivity index (χ0) is 15.1. The van der Waals surface area contributed by atoms with E-state index in [-0.39, 0.29) is 24.0 Å². The molecular weight excluding hydrogens is 405 g/mol. The minimum Gasteiger partial charge on any atom is -0.357 e. The van der Waals surface area contributed by atoms with E-state index in [9.17, 15) is 0 Å². The highest BCUT2D eigenvalue weighted by Gasteiger charge is 2.15. The molecule has 2 N–H and O–H groups in total. The van der Waals surface area contributed by atoms with E-state index < -0.39 is 0 Å². The first kappa shape index (κ1) is 19.6. The number of nitrogens with zero attached hydrogens (tertiary/aromatic N) is 1. The van der Waals surface area contributed by atoms with Gasteiger partial charge in [0.05, 0.1) is 6.54 Å². The Balaban J connectivity index is 0.00000242. The van der Waals surface area contributed by atoms with Crippen molar-refractivity contribution in [2.75, 3.05) is 18.8 Å². The zero-order valence-corrected chi connectivity index (χ0v) is 17.0. The Kier molecular flexibility index (Phi) is 9.24. The van der Waals surface area contributed by atoms with Crippen LogP contribution in [0.4, 0.5) is 0 Å². The number of thioether (sulfide) groups is 1. The summed E-state index contributed by atoms with van der Waals surface area (Å²) in [5, 5.41) is 7.56. The highest BCUT2D eigenvalue weighted by atomic mass is 127. The number of benzene rings is 1. The molecule has 1 atom stereocenters. The van der Waals surface area contributed by atoms with E-state index in [2.05, 4.69) is 61.4 Å². The molecule has 1 unspecified atom stereocenters. The van der Waals surface area contributed by atoms with Crippen molar-refractivity contribution in [2.45, 2.75) is 45.4 Å². The van der Waals surface area contributed by atoms with Gasteiger partial charge in [-0.25, -0.2) is 4.99 Å². The van der Waals surface area contributed by atoms with Crippen LogP contribution < -0.4 is 10.6 Å². The lowest BCUT2D eigenvalue weighted by molar-refractivity contribution is 0.727. The molecule has 1 saturated heterocycles. The maximum atomic E-state index is 4.72. The van der Waals surface area contributed by atoms with Gasteiger partial charge in [-0.15, -0.1) is 24.0 Å². The van der Waals surface area contributed by atoms with Gasteiger partial charge < -0.3 is 10.6 Å². The van der Waals surface area contributed by atoms with Crippen LogP contribution in [0.5, 0.6) is 0 Å². The van der Waals surface area contributed by atoms with E-state index in [1.54, 1.807) is 0 Å². The molecule has 0 radical (unpaired) electrons. The second-order valence-electron chi connectivity index (χ2n) is 5.64. The predicted octanol–water partition coefficient (Wildman–Crippen LogP) is 3.87. The standard InChI is InChI=1S/C17H27N3S.HI/c1-4-18-17(20-12-16-6-5-9-21-16)19-11-15-8-7-13(2)10-14(15)3;/h7-8,10,16H,4-6,9,11-12H2,1-3H3,(H2,18,19,20);1H. The van der Waals surface area contributed by atoms with E-state index in [1.165, 1.54) is 35.3 Å². The van der Waals surface area contributed by atoms with Crippen molar-refractivity contribution in [2.24, 2.45) is 4.99 Å². The average Bonchev–Trinajstić information content (AvgIpc) is 2.96. The van der Waals surface area contributed by atoms with Crippen LogP contribution >= 0.6 is 35.7 Å². The molecule has 0 amide bonds. The summed E-state index contributed by atoms with van der Waals surface area (Å²) >= 11 is 2.08. The predicted molar refractivity (Wildman–Crippen MR) is 110 cm³/mol. The topological polar surface area (TPSA) is 36.4 Å². The van der Waals surface area contributed by atoms with Crippen LogP contribution in [0.3, 0.4) is 0 Å². The van der Waals surface area contributed by atoms with Crippen molar-refractivity contribution in [3.63, 3.8) is 0 Å². The summed E-state index contributed by atoms with van der Waals surface area (Å²) in [4.78, 5) is 4.72. The van der Waals surface area contributed by atoms with Crippen LogP contribution in [-0.2, 0) is 6.54 Å². The summed E-state index contributed by atoms with van der Waals surface area (Å²) < 4.78 is 0. The van der Waals surface area contributed by atoms with Gasteiger partial charge in [0.15, 0.2) is 5.96 Å². The Labute approximate surface area is 156 Å². The molecule has 0 spiro atoms. The highest BCUT2D eigenvalue weighted by molar-refractivity contribution is 14.0. The first-order chi connectivity index (χ1) is 10.2. The van der Waals surface area contributed by atoms with Crippen molar-refractivity contribution in [1.29, 1.82) is 0 Å². The number of guanidine groups is 1. The molecule has 3 nitrogen and oxygen atoms in total. The number of hydrogen-bond donors (Lipinski definition) is 2. The molecule has 1 fully saturated rings. The zero-order valence-electron chi connectivity index (χ0n) is 13.8. The summed E-state index contributed by atoms with van der Waals surface area (Å²) in [6, 6.07) is 6.57. The van der Waals surface area contributed by atoms with Crippen LogP contribution in [0.2, 0.25) is 0 Å². The second-order valence-corrected chi connectivity index (χ2v) is 7.05. The second kappa shape index (κ2) is 10.4. The number of aliphatic imine (C=N–C) groups is 1. The molecule has 1 aliphatic heterocycles. The molecule has 0 saturated carbocycles. The number of halogens is 1. The molecule has 0 aromatic heterocycles. The highest BCUT2D eigenvalue weighted by Crippen LogP contribution is 2.25. The van der Waals surface area contributed by atoms with Crippen molar-refractivity contribution < 1.29 is 0 Å². The van der Waals surface area contributed by atoms with Crippen LogP contribution in [-0.4, -0.2) is 30.1 Å². The van der Waals surface area contributed by atoms with Gasteiger partial charge in [-0.1, -0.05) is 23.8 Å². The minimum atomic E-state index is 0. The minimum absolute atomic E-state index is 0. The summed E-state index contributed by atoms with van der Waals surface area (Å²) in [6.07, 6.45) is 2.68. The van der Waals surface area contributed by atoms with Gasteiger partial charge in [-0.05, 0) is 50.5 Å². The fourth-order valence-corrected chi connectivity index (χ4v) is 3.75. The third-order valence-corrected chi connectivity index (χ3v) is 5.17. The first-order valence-electron chi connectivity index (χ1n) is 7.89. The molecule has 0 bridgehead atoms. The molecule has 1 aliphatic rings. The van der Waals surface area contributed by atoms with Crippen LogP contribution in [0.15, 0.2) is 23.2 Å². The molecular formula is C17H28IN3S. The molecule has 124 valence electrons. The fraction of sp³-hybridized carbons (Fsp3) is 0.588. The maximum Gasteiger partial charge on any atom is 0.191 e. The largest absolute Gasteiger partial charge is 0.357 e. The van der Waals surface area contributed by atoms with Crippen LogP contribution in [0, 0.1) is 13.8 Å². The van der Waals surface area contributed by atoms with Crippen molar-refractivity contribution >= 4 is 41.7 Å². The summed E-state index contributed by atoms with van der Waals surface area (Å²) in [5.74, 6) is 2.24. The van der Waals surface area contributed by atoms with E-state index in [0.29, 0.717) is 0 Å². The number of rotatable bonds is 5. The quantitative estimate of drug-likeness (QED) is 0.421. The van der Waals surface area contributed by atoms with Crippen LogP contribution in [0.1, 0.15) is 36.5 Å². The normalized spacial score (nSPS) is 18.0. The van der Waals surface area contributed by atoms with Gasteiger partial charge in [-0.3, -0.25) is 0 Å². The van der Waals surface area contributed by atoms with E-state index in [1.807, 2.05) is 0 Å². The first-order valence-corrected chi connectivity index (χ1v) is 8.94. The van der Waals surface area contributed by atoms with Gasteiger partial charge in [0.2, 0.25) is 0 Å². The van der Waals surface area contributed by atoms with Crippen molar-refractivity contribution in [3.8, 4) is 0 Å². The molecule has 1 aromatic rings. The third kappa shape index (κ3) is 6.36. The monoisotopic (exact) mass is 433 g/mol. The Morgan fingerprint density at radius 3 is 2.77 bits per heavy atom. The average molecular weight is 433 g/mol. The smallest absolute Gasteiger partial charge is 0.191 e. The van der Waals surface area contributed by atoms with Gasteiger partial charge in [0, 0.05) is 18.3 Å². The molecule has 1 aromatic carbocycles. The lowest BCUT2D eigenvalue weighted by atomic mass is 10.1. The summed E-state index contributed by atoms with van der Waals surface area (Å²) in [5.41, 5.74) is 3.93. The summed E-state index contributed by atoms with van der Waals surface area (Å²) in [7, 11) is 0. The third-order valence-electron chi connectivity index (χ3n) is 3.77. The molecule has 5 heteroatoms. The Hall–Kier alpha value is -0.430. The SMILES string of the molecule is CCNC(=NCc1ccc(C)cc1C)NCC1CCCS1.I. The van der Waals surface area contributed by atoms with Gasteiger partial charge in [0.25, 0.3) is 0 Å². The fourth-order valence-electron chi connectivity index (χ4n) is 2.55. The van der Waals surface area contributed by atoms with E-state index in [4.69, 9.17) is 4.99 Å². The van der Waals surface area contributed by atoms with Gasteiger partial charge >= 0.3 is 0 Å². The molecule has 1 heterocycles. The van der Waals surface area contributed by atoms with Gasteiger partial charge in [0.1, 0.15) is 0 Å². The Bertz CT molecular complexity index is 485.